The maximum Gasteiger partial charge on any atom is 0.231 e. The minimum Gasteiger partial charge on any atom is -0.394 e. The van der Waals surface area contributed by atoms with Crippen LogP contribution in [0.3, 0.4) is 0 Å². The molecule has 0 aromatic carbocycles. The Morgan fingerprint density at radius 1 is 1.50 bits per heavy atom. The first-order valence-corrected chi connectivity index (χ1v) is 5.54. The van der Waals surface area contributed by atoms with Crippen molar-refractivity contribution in [3.63, 3.8) is 0 Å². The topological polar surface area (TPSA) is 88.2 Å². The van der Waals surface area contributed by atoms with E-state index in [-0.39, 0.29) is 23.9 Å². The normalized spacial score (nSPS) is 25.1. The van der Waals surface area contributed by atoms with Gasteiger partial charge in [0.1, 0.15) is 0 Å². The average Bonchev–Trinajstić information content (AvgIpc) is 2.58. The molecule has 1 aliphatic rings. The number of nitrogens with two attached hydrogens (primary N) is 1. The van der Waals surface area contributed by atoms with Crippen LogP contribution in [0.25, 0.3) is 0 Å². The Bertz CT molecular complexity index is 368. The van der Waals surface area contributed by atoms with E-state index in [1.807, 2.05) is 4.90 Å². The van der Waals surface area contributed by atoms with Crippen molar-refractivity contribution < 1.29 is 5.11 Å². The summed E-state index contributed by atoms with van der Waals surface area (Å²) in [6.45, 7) is 2.96. The standard InChI is InChI=1S/C9H14ClN5O/c1-5-2-3-15(6(5)4-16)9-13-7(10)12-8(11)14-9/h5-6,16H,2-4H2,1H3,(H2,11,12,13,14). The van der Waals surface area contributed by atoms with Crippen molar-refractivity contribution in [2.24, 2.45) is 5.92 Å². The van der Waals surface area contributed by atoms with Gasteiger partial charge in [0.15, 0.2) is 0 Å². The van der Waals surface area contributed by atoms with E-state index in [1.54, 1.807) is 0 Å². The number of halogens is 1. The van der Waals surface area contributed by atoms with Gasteiger partial charge in [0.05, 0.1) is 12.6 Å². The predicted molar refractivity (Wildman–Crippen MR) is 61.3 cm³/mol. The number of rotatable bonds is 2. The lowest BCUT2D eigenvalue weighted by Crippen LogP contribution is -2.36. The molecule has 16 heavy (non-hydrogen) atoms. The summed E-state index contributed by atoms with van der Waals surface area (Å²) in [4.78, 5) is 13.7. The second kappa shape index (κ2) is 4.39. The molecule has 0 spiro atoms. The average molecular weight is 244 g/mol. The van der Waals surface area contributed by atoms with E-state index in [1.165, 1.54) is 0 Å². The van der Waals surface area contributed by atoms with Crippen molar-refractivity contribution in [2.75, 3.05) is 23.8 Å². The molecular weight excluding hydrogens is 230 g/mol. The number of nitrogen functional groups attached to an aromatic ring is 1. The third-order valence-electron chi connectivity index (χ3n) is 2.94. The SMILES string of the molecule is CC1CCN(c2nc(N)nc(Cl)n2)C1CO. The summed E-state index contributed by atoms with van der Waals surface area (Å²) >= 11 is 5.72. The molecule has 1 fully saturated rings. The Kier molecular flexibility index (Phi) is 3.11. The first-order valence-electron chi connectivity index (χ1n) is 5.16. The largest absolute Gasteiger partial charge is 0.394 e. The fourth-order valence-electron chi connectivity index (χ4n) is 2.02. The monoisotopic (exact) mass is 243 g/mol. The quantitative estimate of drug-likeness (QED) is 0.778. The van der Waals surface area contributed by atoms with Gasteiger partial charge in [0, 0.05) is 6.54 Å². The molecule has 88 valence electrons. The lowest BCUT2D eigenvalue weighted by molar-refractivity contribution is 0.244. The highest BCUT2D eigenvalue weighted by Crippen LogP contribution is 2.27. The van der Waals surface area contributed by atoms with Crippen molar-refractivity contribution in [2.45, 2.75) is 19.4 Å². The van der Waals surface area contributed by atoms with E-state index in [4.69, 9.17) is 17.3 Å². The van der Waals surface area contributed by atoms with Crippen LogP contribution in [0.4, 0.5) is 11.9 Å². The summed E-state index contributed by atoms with van der Waals surface area (Å²) in [5.41, 5.74) is 5.51. The van der Waals surface area contributed by atoms with Crippen LogP contribution in [0, 0.1) is 5.92 Å². The molecule has 6 nitrogen and oxygen atoms in total. The first-order chi connectivity index (χ1) is 7.61. The molecule has 2 heterocycles. The highest BCUT2D eigenvalue weighted by molar-refractivity contribution is 6.28. The van der Waals surface area contributed by atoms with Crippen molar-refractivity contribution in [1.82, 2.24) is 15.0 Å². The Morgan fingerprint density at radius 3 is 2.88 bits per heavy atom. The van der Waals surface area contributed by atoms with Gasteiger partial charge in [-0.1, -0.05) is 6.92 Å². The molecule has 1 aliphatic heterocycles. The van der Waals surface area contributed by atoms with E-state index in [0.717, 1.165) is 13.0 Å². The van der Waals surface area contributed by atoms with Gasteiger partial charge in [-0.3, -0.25) is 0 Å². The molecule has 0 radical (unpaired) electrons. The van der Waals surface area contributed by atoms with Crippen LogP contribution in [0.5, 0.6) is 0 Å². The summed E-state index contributed by atoms with van der Waals surface area (Å²) < 4.78 is 0. The van der Waals surface area contributed by atoms with Crippen molar-refractivity contribution in [3.05, 3.63) is 5.28 Å². The molecule has 0 bridgehead atoms. The molecule has 1 aromatic rings. The van der Waals surface area contributed by atoms with Crippen LogP contribution >= 0.6 is 11.6 Å². The Labute approximate surface area is 98.5 Å². The summed E-state index contributed by atoms with van der Waals surface area (Å²) in [7, 11) is 0. The van der Waals surface area contributed by atoms with Gasteiger partial charge in [-0.25, -0.2) is 0 Å². The number of hydrogen-bond acceptors (Lipinski definition) is 6. The molecule has 0 aliphatic carbocycles. The highest BCUT2D eigenvalue weighted by Gasteiger charge is 2.32. The predicted octanol–water partition coefficient (Wildman–Crippen LogP) is 0.314. The van der Waals surface area contributed by atoms with Crippen LogP contribution in [-0.2, 0) is 0 Å². The number of nitrogens with zero attached hydrogens (tertiary/aromatic N) is 4. The van der Waals surface area contributed by atoms with Crippen molar-refractivity contribution in [3.8, 4) is 0 Å². The number of aliphatic hydroxyl groups is 1. The lowest BCUT2D eigenvalue weighted by atomic mass is 10.0. The second-order valence-corrected chi connectivity index (χ2v) is 4.31. The van der Waals surface area contributed by atoms with Crippen LogP contribution in [-0.4, -0.2) is 39.3 Å². The van der Waals surface area contributed by atoms with Gasteiger partial charge >= 0.3 is 0 Å². The highest BCUT2D eigenvalue weighted by atomic mass is 35.5. The van der Waals surface area contributed by atoms with Crippen molar-refractivity contribution >= 4 is 23.5 Å². The van der Waals surface area contributed by atoms with E-state index in [2.05, 4.69) is 21.9 Å². The molecular formula is C9H14ClN5O. The fraction of sp³-hybridized carbons (Fsp3) is 0.667. The van der Waals surface area contributed by atoms with E-state index in [9.17, 15) is 5.11 Å². The molecule has 1 saturated heterocycles. The lowest BCUT2D eigenvalue weighted by Gasteiger charge is -2.24. The van der Waals surface area contributed by atoms with Gasteiger partial charge in [0.25, 0.3) is 0 Å². The summed E-state index contributed by atoms with van der Waals surface area (Å²) in [5, 5.41) is 9.41. The third kappa shape index (κ3) is 2.03. The zero-order chi connectivity index (χ0) is 11.7. The van der Waals surface area contributed by atoms with Gasteiger partial charge in [-0.05, 0) is 23.9 Å². The smallest absolute Gasteiger partial charge is 0.231 e. The number of aliphatic hydroxyl groups excluding tert-OH is 1. The summed E-state index contributed by atoms with van der Waals surface area (Å²) in [5.74, 6) is 0.953. The van der Waals surface area contributed by atoms with Crippen LogP contribution in [0.1, 0.15) is 13.3 Å². The van der Waals surface area contributed by atoms with Gasteiger partial charge < -0.3 is 15.7 Å². The van der Waals surface area contributed by atoms with Gasteiger partial charge in [-0.2, -0.15) is 15.0 Å². The fourth-order valence-corrected chi connectivity index (χ4v) is 2.18. The maximum absolute atomic E-state index is 9.33. The summed E-state index contributed by atoms with van der Waals surface area (Å²) in [6.07, 6.45) is 0.994. The Hall–Kier alpha value is -1.14. The molecule has 1 aromatic heterocycles. The van der Waals surface area contributed by atoms with E-state index < -0.39 is 0 Å². The van der Waals surface area contributed by atoms with Gasteiger partial charge in [0.2, 0.25) is 17.2 Å². The van der Waals surface area contributed by atoms with Crippen molar-refractivity contribution in [1.29, 1.82) is 0 Å². The van der Waals surface area contributed by atoms with Gasteiger partial charge in [-0.15, -0.1) is 0 Å². The van der Waals surface area contributed by atoms with Crippen LogP contribution in [0.15, 0.2) is 0 Å². The minimum absolute atomic E-state index is 0.0258. The second-order valence-electron chi connectivity index (χ2n) is 3.97. The number of anilines is 2. The van der Waals surface area contributed by atoms with E-state index >= 15 is 0 Å². The molecule has 7 heteroatoms. The minimum atomic E-state index is 0.0258. The molecule has 2 atom stereocenters. The molecule has 0 amide bonds. The Balaban J connectivity index is 2.29. The maximum atomic E-state index is 9.33. The molecule has 0 saturated carbocycles. The zero-order valence-corrected chi connectivity index (χ0v) is 9.72. The molecule has 2 rings (SSSR count). The number of hydrogen-bond donors (Lipinski definition) is 2. The van der Waals surface area contributed by atoms with Crippen LogP contribution in [0.2, 0.25) is 5.28 Å². The number of aromatic nitrogens is 3. The zero-order valence-electron chi connectivity index (χ0n) is 8.97. The Morgan fingerprint density at radius 2 is 2.25 bits per heavy atom. The third-order valence-corrected chi connectivity index (χ3v) is 3.11. The molecule has 3 N–H and O–H groups in total. The van der Waals surface area contributed by atoms with E-state index in [0.29, 0.717) is 11.9 Å². The first kappa shape index (κ1) is 11.3. The van der Waals surface area contributed by atoms with Crippen LogP contribution < -0.4 is 10.6 Å². The summed E-state index contributed by atoms with van der Waals surface area (Å²) in [6, 6.07) is 0.0258. The molecule has 2 unspecified atom stereocenters.